The van der Waals surface area contributed by atoms with Crippen LogP contribution in [0.2, 0.25) is 10.0 Å². The summed E-state index contributed by atoms with van der Waals surface area (Å²) in [5.41, 5.74) is 4.62. The number of amides is 2. The van der Waals surface area contributed by atoms with Gasteiger partial charge in [0, 0.05) is 11.4 Å². The van der Waals surface area contributed by atoms with Crippen molar-refractivity contribution in [3.63, 3.8) is 0 Å². The van der Waals surface area contributed by atoms with Gasteiger partial charge in [-0.25, -0.2) is 5.01 Å². The predicted octanol–water partition coefficient (Wildman–Crippen LogP) is 2.81. The van der Waals surface area contributed by atoms with Crippen LogP contribution in [0.25, 0.3) is 0 Å². The van der Waals surface area contributed by atoms with E-state index >= 15 is 0 Å². The first-order valence-electron chi connectivity index (χ1n) is 9.19. The number of anilines is 1. The van der Waals surface area contributed by atoms with Gasteiger partial charge in [0.25, 0.3) is 0 Å². The minimum atomic E-state index is -0.823. The van der Waals surface area contributed by atoms with Crippen molar-refractivity contribution in [2.45, 2.75) is 24.6 Å². The normalized spacial score (nSPS) is 24.9. The van der Waals surface area contributed by atoms with E-state index < -0.39 is 30.0 Å². The van der Waals surface area contributed by atoms with Gasteiger partial charge < -0.3 is 10.5 Å². The molecule has 4 atom stereocenters. The Kier molecular flexibility index (Phi) is 5.61. The third-order valence-electron chi connectivity index (χ3n) is 5.16. The van der Waals surface area contributed by atoms with Gasteiger partial charge in [0.1, 0.15) is 6.04 Å². The number of imide groups is 1. The third-order valence-corrected chi connectivity index (χ3v) is 5.70. The Morgan fingerprint density at radius 3 is 2.55 bits per heavy atom. The van der Waals surface area contributed by atoms with Crippen molar-refractivity contribution in [2.75, 3.05) is 5.43 Å². The number of carbonyl (C=O) groups is 2. The smallest absolute Gasteiger partial charge is 0.246 e. The Morgan fingerprint density at radius 1 is 1.07 bits per heavy atom. The molecule has 29 heavy (non-hydrogen) atoms. The van der Waals surface area contributed by atoms with Gasteiger partial charge in [-0.05, 0) is 23.8 Å². The minimum Gasteiger partial charge on any atom is -0.391 e. The molecule has 150 valence electrons. The van der Waals surface area contributed by atoms with Crippen LogP contribution in [0.15, 0.2) is 60.7 Å². The van der Waals surface area contributed by atoms with E-state index in [0.29, 0.717) is 22.2 Å². The minimum absolute atomic E-state index is 0.360. The summed E-state index contributed by atoms with van der Waals surface area (Å²) in [6.07, 6.45) is 3.00. The summed E-state index contributed by atoms with van der Waals surface area (Å²) in [6.45, 7) is 0. The lowest BCUT2D eigenvalue weighted by atomic mass is 9.91. The van der Waals surface area contributed by atoms with Gasteiger partial charge in [-0.2, -0.15) is 0 Å². The van der Waals surface area contributed by atoms with Crippen LogP contribution in [0.3, 0.4) is 0 Å². The van der Waals surface area contributed by atoms with E-state index in [1.165, 1.54) is 0 Å². The summed E-state index contributed by atoms with van der Waals surface area (Å²) >= 11 is 12.3. The molecule has 0 spiro atoms. The van der Waals surface area contributed by atoms with Gasteiger partial charge in [-0.15, -0.1) is 0 Å². The molecule has 3 N–H and O–H groups in total. The Labute approximate surface area is 178 Å². The molecule has 1 fully saturated rings. The van der Waals surface area contributed by atoms with Gasteiger partial charge >= 0.3 is 0 Å². The number of hydrazine groups is 1. The van der Waals surface area contributed by atoms with Gasteiger partial charge in [0.05, 0.1) is 28.8 Å². The highest BCUT2D eigenvalue weighted by Crippen LogP contribution is 2.32. The summed E-state index contributed by atoms with van der Waals surface area (Å²) in [5, 5.41) is 15.8. The highest BCUT2D eigenvalue weighted by molar-refractivity contribution is 6.36. The highest BCUT2D eigenvalue weighted by atomic mass is 35.5. The van der Waals surface area contributed by atoms with E-state index in [4.69, 9.17) is 23.2 Å². The maximum absolute atomic E-state index is 12.5. The lowest BCUT2D eigenvalue weighted by molar-refractivity contribution is -0.126. The molecule has 4 unspecified atom stereocenters. The second-order valence-electron chi connectivity index (χ2n) is 7.10. The van der Waals surface area contributed by atoms with E-state index in [2.05, 4.69) is 10.7 Å². The maximum atomic E-state index is 12.5. The molecule has 4 rings (SSSR count). The van der Waals surface area contributed by atoms with Gasteiger partial charge in [0.2, 0.25) is 11.8 Å². The fourth-order valence-corrected chi connectivity index (χ4v) is 4.19. The summed E-state index contributed by atoms with van der Waals surface area (Å²) in [4.78, 5) is 24.7. The van der Waals surface area contributed by atoms with Crippen molar-refractivity contribution in [1.82, 2.24) is 10.3 Å². The molecule has 2 aliphatic rings. The van der Waals surface area contributed by atoms with Crippen LogP contribution < -0.4 is 10.7 Å². The van der Waals surface area contributed by atoms with Gasteiger partial charge in [-0.1, -0.05) is 65.7 Å². The number of hydrogen-bond donors (Lipinski definition) is 3. The average molecular weight is 432 g/mol. The number of aliphatic hydroxyl groups is 1. The predicted molar refractivity (Wildman–Crippen MR) is 111 cm³/mol. The number of fused-ring (bicyclic) bond motifs is 1. The van der Waals surface area contributed by atoms with E-state index in [0.717, 1.165) is 5.56 Å². The van der Waals surface area contributed by atoms with Crippen molar-refractivity contribution in [3.05, 3.63) is 76.3 Å². The zero-order valence-electron chi connectivity index (χ0n) is 15.3. The highest BCUT2D eigenvalue weighted by Gasteiger charge is 2.49. The molecule has 0 aromatic heterocycles. The SMILES string of the molecule is O=C1NC(=O)C2C1C=CC(C(O)Cc1ccccc1)N2Nc1ccc(Cl)cc1Cl. The molecule has 1 saturated heterocycles. The molecule has 0 bridgehead atoms. The van der Waals surface area contributed by atoms with Crippen molar-refractivity contribution in [3.8, 4) is 0 Å². The standard InChI is InChI=1S/C21H19Cl2N3O3/c22-13-6-8-16(15(23)11-13)25-26-17(18(27)10-12-4-2-1-3-5-12)9-7-14-19(26)21(29)24-20(14)28/h1-9,11,14,17-19,25,27H,10H2,(H,24,28,29). The van der Waals surface area contributed by atoms with Crippen molar-refractivity contribution in [2.24, 2.45) is 5.92 Å². The number of carbonyl (C=O) groups excluding carboxylic acids is 2. The monoisotopic (exact) mass is 431 g/mol. The van der Waals surface area contributed by atoms with Crippen LogP contribution in [-0.2, 0) is 16.0 Å². The lowest BCUT2D eigenvalue weighted by Crippen LogP contribution is -2.57. The van der Waals surface area contributed by atoms with Crippen molar-refractivity contribution >= 4 is 40.7 Å². The molecule has 2 aromatic rings. The second-order valence-corrected chi connectivity index (χ2v) is 7.94. The maximum Gasteiger partial charge on any atom is 0.246 e. The molecule has 2 aliphatic heterocycles. The van der Waals surface area contributed by atoms with Crippen LogP contribution in [0.1, 0.15) is 5.56 Å². The molecule has 0 radical (unpaired) electrons. The number of nitrogens with one attached hydrogen (secondary N) is 2. The summed E-state index contributed by atoms with van der Waals surface area (Å²) < 4.78 is 0. The molecule has 0 aliphatic carbocycles. The zero-order chi connectivity index (χ0) is 20.5. The quantitative estimate of drug-likeness (QED) is 0.500. The van der Waals surface area contributed by atoms with Crippen LogP contribution in [0, 0.1) is 5.92 Å². The Morgan fingerprint density at radius 2 is 1.83 bits per heavy atom. The number of nitrogens with zero attached hydrogens (tertiary/aromatic N) is 1. The number of hydrogen-bond acceptors (Lipinski definition) is 5. The van der Waals surface area contributed by atoms with Crippen molar-refractivity contribution < 1.29 is 14.7 Å². The Bertz CT molecular complexity index is 967. The fourth-order valence-electron chi connectivity index (χ4n) is 3.74. The molecular weight excluding hydrogens is 413 g/mol. The van der Waals surface area contributed by atoms with Crippen LogP contribution in [-0.4, -0.2) is 40.1 Å². The molecule has 2 amide bonds. The topological polar surface area (TPSA) is 81.7 Å². The largest absolute Gasteiger partial charge is 0.391 e. The summed E-state index contributed by atoms with van der Waals surface area (Å²) in [5.74, 6) is -1.42. The number of aliphatic hydroxyl groups excluding tert-OH is 1. The number of benzene rings is 2. The molecule has 2 heterocycles. The average Bonchev–Trinajstić information content (AvgIpc) is 2.99. The van der Waals surface area contributed by atoms with E-state index in [1.54, 1.807) is 35.4 Å². The number of rotatable bonds is 5. The lowest BCUT2D eigenvalue weighted by Gasteiger charge is -2.40. The molecule has 2 aromatic carbocycles. The van der Waals surface area contributed by atoms with Gasteiger partial charge in [-0.3, -0.25) is 14.9 Å². The van der Waals surface area contributed by atoms with Gasteiger partial charge in [0.15, 0.2) is 0 Å². The van der Waals surface area contributed by atoms with E-state index in [9.17, 15) is 14.7 Å². The molecule has 0 saturated carbocycles. The molecular formula is C21H19Cl2N3O3. The third kappa shape index (κ3) is 4.02. The summed E-state index contributed by atoms with van der Waals surface area (Å²) in [6, 6.07) is 13.2. The number of halogens is 2. The second kappa shape index (κ2) is 8.16. The fraction of sp³-hybridized carbons (Fsp3) is 0.238. The van der Waals surface area contributed by atoms with E-state index in [1.807, 2.05) is 30.3 Å². The van der Waals surface area contributed by atoms with Crippen LogP contribution in [0.5, 0.6) is 0 Å². The zero-order valence-corrected chi connectivity index (χ0v) is 16.8. The first-order valence-corrected chi connectivity index (χ1v) is 9.94. The Balaban J connectivity index is 1.66. The summed E-state index contributed by atoms with van der Waals surface area (Å²) in [7, 11) is 0. The van der Waals surface area contributed by atoms with Crippen molar-refractivity contribution in [1.29, 1.82) is 0 Å². The van der Waals surface area contributed by atoms with Crippen LogP contribution in [0.4, 0.5) is 5.69 Å². The first-order chi connectivity index (χ1) is 13.9. The molecule has 8 heteroatoms. The molecule has 6 nitrogen and oxygen atoms in total. The Hall–Kier alpha value is -2.38. The first kappa shape index (κ1) is 19.9. The van der Waals surface area contributed by atoms with E-state index in [-0.39, 0.29) is 5.91 Å². The van der Waals surface area contributed by atoms with Crippen LogP contribution >= 0.6 is 23.2 Å².